The molecule has 1 aromatic rings. The molecule has 0 radical (unpaired) electrons. The predicted molar refractivity (Wildman–Crippen MR) is 68.8 cm³/mol. The molecule has 1 saturated heterocycles. The Hall–Kier alpha value is -1.72. The smallest absolute Gasteiger partial charge is 0.231 e. The fraction of sp³-hybridized carbons (Fsp3) is 0.667. The number of hydrogen-bond acceptors (Lipinski definition) is 5. The number of nitrogens with one attached hydrogen (secondary N) is 2. The van der Waals surface area contributed by atoms with Crippen LogP contribution in [0.15, 0.2) is 5.82 Å². The largest absolute Gasteiger partial charge is 0.370 e. The van der Waals surface area contributed by atoms with Gasteiger partial charge < -0.3 is 15.5 Å². The van der Waals surface area contributed by atoms with Crippen molar-refractivity contribution in [3.05, 3.63) is 11.6 Å². The van der Waals surface area contributed by atoms with E-state index in [0.717, 1.165) is 44.4 Å². The first kappa shape index (κ1) is 10.2. The van der Waals surface area contributed by atoms with Gasteiger partial charge in [-0.2, -0.15) is 0 Å². The molecule has 0 spiro atoms. The van der Waals surface area contributed by atoms with E-state index in [1.165, 1.54) is 30.8 Å². The van der Waals surface area contributed by atoms with Gasteiger partial charge in [-0.15, -0.1) is 10.2 Å². The van der Waals surface area contributed by atoms with E-state index in [1.807, 2.05) is 0 Å². The van der Waals surface area contributed by atoms with Crippen LogP contribution < -0.4 is 15.5 Å². The summed E-state index contributed by atoms with van der Waals surface area (Å²) >= 11 is 0. The highest BCUT2D eigenvalue weighted by Crippen LogP contribution is 2.29. The molecule has 0 unspecified atom stereocenters. The molecule has 1 aromatic heterocycles. The minimum absolute atomic E-state index is 0.771. The molecule has 2 N–H and O–H groups in total. The third kappa shape index (κ3) is 1.41. The number of anilines is 1. The first-order valence-corrected chi connectivity index (χ1v) is 6.84. The third-order valence-corrected chi connectivity index (χ3v) is 4.00. The summed E-state index contributed by atoms with van der Waals surface area (Å²) in [5, 5.41) is 15.5. The van der Waals surface area contributed by atoms with Gasteiger partial charge in [0, 0.05) is 26.1 Å². The molecule has 0 aliphatic carbocycles. The van der Waals surface area contributed by atoms with Gasteiger partial charge in [0.1, 0.15) is 5.82 Å². The van der Waals surface area contributed by atoms with Crippen LogP contribution in [0.1, 0.15) is 31.5 Å². The Balaban J connectivity index is 1.76. The van der Waals surface area contributed by atoms with Gasteiger partial charge in [-0.3, -0.25) is 4.57 Å². The molecule has 6 heteroatoms. The van der Waals surface area contributed by atoms with Crippen LogP contribution in [0.5, 0.6) is 0 Å². The van der Waals surface area contributed by atoms with Crippen molar-refractivity contribution in [1.82, 2.24) is 25.4 Å². The summed E-state index contributed by atoms with van der Waals surface area (Å²) in [6, 6.07) is 0. The SMILES string of the molecule is C1CCN(c2nnc3n2C2=C(NCC2)NC3)CC1. The van der Waals surface area contributed by atoms with Crippen LogP contribution in [0.3, 0.4) is 0 Å². The van der Waals surface area contributed by atoms with Gasteiger partial charge in [0.05, 0.1) is 12.2 Å². The molecule has 96 valence electrons. The lowest BCUT2D eigenvalue weighted by Gasteiger charge is -2.29. The van der Waals surface area contributed by atoms with Crippen LogP contribution in [0, 0.1) is 0 Å². The highest BCUT2D eigenvalue weighted by molar-refractivity contribution is 5.60. The number of piperidine rings is 1. The zero-order valence-corrected chi connectivity index (χ0v) is 10.4. The second-order valence-corrected chi connectivity index (χ2v) is 5.15. The topological polar surface area (TPSA) is 58.0 Å². The Labute approximate surface area is 106 Å². The summed E-state index contributed by atoms with van der Waals surface area (Å²) in [6.07, 6.45) is 4.93. The molecule has 0 bridgehead atoms. The number of rotatable bonds is 1. The second-order valence-electron chi connectivity index (χ2n) is 5.15. The monoisotopic (exact) mass is 246 g/mol. The molecule has 0 aromatic carbocycles. The molecule has 4 rings (SSSR count). The highest BCUT2D eigenvalue weighted by Gasteiger charge is 2.28. The van der Waals surface area contributed by atoms with Crippen molar-refractivity contribution in [3.63, 3.8) is 0 Å². The summed E-state index contributed by atoms with van der Waals surface area (Å²) < 4.78 is 2.26. The molecule has 4 heterocycles. The van der Waals surface area contributed by atoms with Crippen molar-refractivity contribution in [1.29, 1.82) is 0 Å². The molecular weight excluding hydrogens is 228 g/mol. The molecule has 3 aliphatic rings. The average Bonchev–Trinajstić information content (AvgIpc) is 3.05. The number of nitrogens with zero attached hydrogens (tertiary/aromatic N) is 4. The van der Waals surface area contributed by atoms with E-state index >= 15 is 0 Å². The van der Waals surface area contributed by atoms with E-state index in [-0.39, 0.29) is 0 Å². The van der Waals surface area contributed by atoms with E-state index in [0.29, 0.717) is 0 Å². The molecule has 0 amide bonds. The zero-order valence-electron chi connectivity index (χ0n) is 10.4. The number of fused-ring (bicyclic) bond motifs is 2. The molecule has 0 saturated carbocycles. The van der Waals surface area contributed by atoms with Crippen LogP contribution in [0.25, 0.3) is 5.70 Å². The summed E-state index contributed by atoms with van der Waals surface area (Å²) in [7, 11) is 0. The van der Waals surface area contributed by atoms with E-state index in [1.54, 1.807) is 0 Å². The number of hydrogen-bond donors (Lipinski definition) is 2. The minimum Gasteiger partial charge on any atom is -0.370 e. The summed E-state index contributed by atoms with van der Waals surface area (Å²) in [5.41, 5.74) is 1.31. The van der Waals surface area contributed by atoms with Crippen molar-refractivity contribution in [2.45, 2.75) is 32.2 Å². The van der Waals surface area contributed by atoms with Gasteiger partial charge >= 0.3 is 0 Å². The lowest BCUT2D eigenvalue weighted by Crippen LogP contribution is -2.34. The van der Waals surface area contributed by atoms with E-state index in [2.05, 4.69) is 30.3 Å². The van der Waals surface area contributed by atoms with E-state index in [9.17, 15) is 0 Å². The second kappa shape index (κ2) is 3.90. The highest BCUT2D eigenvalue weighted by atomic mass is 15.4. The van der Waals surface area contributed by atoms with Gasteiger partial charge in [0.15, 0.2) is 5.82 Å². The molecular formula is C12H18N6. The van der Waals surface area contributed by atoms with Crippen molar-refractivity contribution < 1.29 is 0 Å². The van der Waals surface area contributed by atoms with Crippen molar-refractivity contribution in [2.24, 2.45) is 0 Å². The van der Waals surface area contributed by atoms with Crippen molar-refractivity contribution >= 4 is 11.6 Å². The van der Waals surface area contributed by atoms with Gasteiger partial charge in [-0.1, -0.05) is 0 Å². The third-order valence-electron chi connectivity index (χ3n) is 4.00. The maximum Gasteiger partial charge on any atom is 0.231 e. The lowest BCUT2D eigenvalue weighted by molar-refractivity contribution is 0.563. The number of aromatic nitrogens is 3. The maximum atomic E-state index is 4.42. The van der Waals surface area contributed by atoms with Crippen LogP contribution in [-0.2, 0) is 6.54 Å². The normalized spacial score (nSPS) is 22.3. The van der Waals surface area contributed by atoms with Gasteiger partial charge in [0.25, 0.3) is 0 Å². The Morgan fingerprint density at radius 1 is 1.00 bits per heavy atom. The van der Waals surface area contributed by atoms with Crippen LogP contribution in [0.4, 0.5) is 5.95 Å². The summed E-state index contributed by atoms with van der Waals surface area (Å²) in [6.45, 7) is 4.00. The quantitative estimate of drug-likeness (QED) is 0.755. The Morgan fingerprint density at radius 2 is 1.89 bits per heavy atom. The van der Waals surface area contributed by atoms with Crippen LogP contribution in [-0.4, -0.2) is 34.4 Å². The first-order chi connectivity index (χ1) is 8.93. The standard InChI is InChI=1S/C12H18N6/c1-2-6-17(7-3-1)12-16-15-10-8-14-11-9(18(10)12)4-5-13-11/h13-14H,1-8H2. The van der Waals surface area contributed by atoms with Crippen molar-refractivity contribution in [3.8, 4) is 0 Å². The van der Waals surface area contributed by atoms with Gasteiger partial charge in [-0.25, -0.2) is 0 Å². The Kier molecular flexibility index (Phi) is 2.21. The fourth-order valence-electron chi connectivity index (χ4n) is 3.09. The summed E-state index contributed by atoms with van der Waals surface area (Å²) in [4.78, 5) is 2.38. The summed E-state index contributed by atoms with van der Waals surface area (Å²) in [5.74, 6) is 3.25. The predicted octanol–water partition coefficient (Wildman–Crippen LogP) is 0.491. The zero-order chi connectivity index (χ0) is 11.9. The Morgan fingerprint density at radius 3 is 2.78 bits per heavy atom. The molecule has 18 heavy (non-hydrogen) atoms. The average molecular weight is 246 g/mol. The van der Waals surface area contributed by atoms with E-state index in [4.69, 9.17) is 0 Å². The lowest BCUT2D eigenvalue weighted by atomic mass is 10.1. The van der Waals surface area contributed by atoms with Crippen LogP contribution >= 0.6 is 0 Å². The van der Waals surface area contributed by atoms with Crippen molar-refractivity contribution in [2.75, 3.05) is 24.5 Å². The molecule has 6 nitrogen and oxygen atoms in total. The Bertz CT molecular complexity index is 497. The maximum absolute atomic E-state index is 4.42. The van der Waals surface area contributed by atoms with Gasteiger partial charge in [-0.05, 0) is 19.3 Å². The fourth-order valence-corrected chi connectivity index (χ4v) is 3.09. The minimum atomic E-state index is 0.771. The molecule has 3 aliphatic heterocycles. The van der Waals surface area contributed by atoms with Gasteiger partial charge in [0.2, 0.25) is 5.95 Å². The van der Waals surface area contributed by atoms with Crippen LogP contribution in [0.2, 0.25) is 0 Å². The van der Waals surface area contributed by atoms with E-state index < -0.39 is 0 Å². The first-order valence-electron chi connectivity index (χ1n) is 6.84. The molecule has 1 fully saturated rings. The molecule has 0 atom stereocenters.